The van der Waals surface area contributed by atoms with Crippen LogP contribution in [0.5, 0.6) is 0 Å². The van der Waals surface area contributed by atoms with E-state index in [1.54, 1.807) is 0 Å². The standard InChI is InChI=1S/C11H26I3N3.H2O/c1-15(8-9-16(2,3)4)10(12)11(13,14)17(5,6)7;/h10H,8-9H2,1-7H3;1H2/q+2;. The molecule has 0 aliphatic heterocycles. The van der Waals surface area contributed by atoms with Crippen LogP contribution in [0.25, 0.3) is 0 Å². The molecule has 0 aromatic carbocycles. The van der Waals surface area contributed by atoms with Crippen molar-refractivity contribution in [1.82, 2.24) is 4.90 Å². The number of rotatable bonds is 6. The molecule has 0 saturated heterocycles. The van der Waals surface area contributed by atoms with E-state index >= 15 is 0 Å². The average molecular weight is 599 g/mol. The van der Waals surface area contributed by atoms with Crippen molar-refractivity contribution >= 4 is 67.8 Å². The second kappa shape index (κ2) is 7.87. The lowest BCUT2D eigenvalue weighted by atomic mass is 10.4. The lowest BCUT2D eigenvalue weighted by molar-refractivity contribution is -0.882. The molecule has 0 rings (SSSR count). The summed E-state index contributed by atoms with van der Waals surface area (Å²) in [5, 5.41) is 0. The number of alkyl halides is 3. The molecule has 1 atom stereocenters. The maximum atomic E-state index is 2.59. The van der Waals surface area contributed by atoms with Crippen LogP contribution in [-0.4, -0.2) is 87.4 Å². The van der Waals surface area contributed by atoms with Crippen molar-refractivity contribution in [2.75, 3.05) is 62.4 Å². The third-order valence-electron chi connectivity index (χ3n) is 2.69. The van der Waals surface area contributed by atoms with Crippen LogP contribution in [0, 0.1) is 0 Å². The SMILES string of the molecule is CN(CC[N+](C)(C)C)C(I)C(I)(I)[N+](C)(C)C.O. The minimum Gasteiger partial charge on any atom is -0.412 e. The Morgan fingerprint density at radius 2 is 1.44 bits per heavy atom. The van der Waals surface area contributed by atoms with Crippen molar-refractivity contribution in [3.8, 4) is 0 Å². The second-order valence-corrected chi connectivity index (χ2v) is 13.0. The van der Waals surface area contributed by atoms with Crippen LogP contribution in [-0.2, 0) is 0 Å². The molecule has 0 amide bonds. The first-order chi connectivity index (χ1) is 7.29. The molecule has 1 unspecified atom stereocenters. The van der Waals surface area contributed by atoms with Gasteiger partial charge in [0.2, 0.25) is 1.55 Å². The van der Waals surface area contributed by atoms with Crippen LogP contribution < -0.4 is 0 Å². The molecule has 2 N–H and O–H groups in total. The number of likely N-dealkylation sites (N-methyl/N-ethyl adjacent to an activating group) is 3. The Balaban J connectivity index is 0. The summed E-state index contributed by atoms with van der Waals surface area (Å²) >= 11 is 7.75. The van der Waals surface area contributed by atoms with Gasteiger partial charge in [-0.15, -0.1) is 0 Å². The zero-order chi connectivity index (χ0) is 14.1. The highest BCUT2D eigenvalue weighted by molar-refractivity contribution is 14.2. The summed E-state index contributed by atoms with van der Waals surface area (Å²) < 4.78 is 2.66. The van der Waals surface area contributed by atoms with Crippen molar-refractivity contribution in [2.45, 2.75) is 5.60 Å². The van der Waals surface area contributed by atoms with E-state index in [0.29, 0.717) is 4.05 Å². The third kappa shape index (κ3) is 7.16. The van der Waals surface area contributed by atoms with E-state index in [1.807, 2.05) is 0 Å². The van der Waals surface area contributed by atoms with E-state index in [0.717, 1.165) is 15.5 Å². The van der Waals surface area contributed by atoms with Gasteiger partial charge in [0.15, 0.2) is 0 Å². The molecule has 18 heavy (non-hydrogen) atoms. The first kappa shape index (κ1) is 22.3. The molecule has 0 aromatic rings. The number of hydrogen-bond acceptors (Lipinski definition) is 1. The predicted molar refractivity (Wildman–Crippen MR) is 106 cm³/mol. The highest BCUT2D eigenvalue weighted by Gasteiger charge is 2.46. The minimum absolute atomic E-state index is 0. The number of hydrogen-bond donors (Lipinski definition) is 0. The van der Waals surface area contributed by atoms with Gasteiger partial charge in [0, 0.05) is 51.7 Å². The molecule has 0 radical (unpaired) electrons. The maximum Gasteiger partial charge on any atom is 0.222 e. The Morgan fingerprint density at radius 3 is 1.72 bits per heavy atom. The molecular weight excluding hydrogens is 571 g/mol. The van der Waals surface area contributed by atoms with Crippen LogP contribution in [0.4, 0.5) is 0 Å². The van der Waals surface area contributed by atoms with Crippen molar-refractivity contribution in [3.05, 3.63) is 0 Å². The fourth-order valence-electron chi connectivity index (χ4n) is 1.16. The Labute approximate surface area is 153 Å². The summed E-state index contributed by atoms with van der Waals surface area (Å²) in [5.74, 6) is 0. The molecule has 0 bridgehead atoms. The smallest absolute Gasteiger partial charge is 0.222 e. The van der Waals surface area contributed by atoms with Gasteiger partial charge in [0.1, 0.15) is 4.05 Å². The largest absolute Gasteiger partial charge is 0.412 e. The number of halogens is 3. The second-order valence-electron chi connectivity index (χ2n) is 6.43. The Hall–Kier alpha value is 2.03. The Kier molecular flexibility index (Phi) is 9.76. The molecule has 0 spiro atoms. The van der Waals surface area contributed by atoms with Gasteiger partial charge in [-0.05, 0) is 7.05 Å². The quantitative estimate of drug-likeness (QED) is 0.199. The first-order valence-electron chi connectivity index (χ1n) is 5.63. The topological polar surface area (TPSA) is 34.7 Å². The molecule has 0 saturated carbocycles. The molecule has 4 nitrogen and oxygen atoms in total. The van der Waals surface area contributed by atoms with E-state index < -0.39 is 0 Å². The van der Waals surface area contributed by atoms with Gasteiger partial charge >= 0.3 is 0 Å². The van der Waals surface area contributed by atoms with Gasteiger partial charge in [-0.2, -0.15) is 0 Å². The van der Waals surface area contributed by atoms with Gasteiger partial charge in [-0.1, -0.05) is 22.6 Å². The first-order valence-corrected chi connectivity index (χ1v) is 9.03. The van der Waals surface area contributed by atoms with E-state index in [2.05, 4.69) is 122 Å². The molecule has 0 aliphatic rings. The summed E-state index contributed by atoms with van der Waals surface area (Å²) in [6.07, 6.45) is 0. The van der Waals surface area contributed by atoms with Crippen LogP contribution in [0.1, 0.15) is 0 Å². The van der Waals surface area contributed by atoms with Gasteiger partial charge in [-0.25, -0.2) is 0 Å². The molecule has 0 aliphatic carbocycles. The van der Waals surface area contributed by atoms with Gasteiger partial charge in [0.05, 0.1) is 48.8 Å². The molecule has 7 heteroatoms. The molecule has 112 valence electrons. The van der Waals surface area contributed by atoms with Crippen LogP contribution >= 0.6 is 67.8 Å². The summed E-state index contributed by atoms with van der Waals surface area (Å²) in [6.45, 7) is 2.31. The highest BCUT2D eigenvalue weighted by atomic mass is 127. The van der Waals surface area contributed by atoms with Crippen molar-refractivity contribution in [1.29, 1.82) is 0 Å². The Morgan fingerprint density at radius 1 is 1.06 bits per heavy atom. The Bertz CT molecular complexity index is 249. The van der Waals surface area contributed by atoms with Crippen LogP contribution in [0.3, 0.4) is 0 Å². The molecular formula is C11H28I3N3O+2. The minimum atomic E-state index is 0. The van der Waals surface area contributed by atoms with Gasteiger partial charge < -0.3 is 14.4 Å². The van der Waals surface area contributed by atoms with Gasteiger partial charge in [0.25, 0.3) is 0 Å². The monoisotopic (exact) mass is 599 g/mol. The summed E-state index contributed by atoms with van der Waals surface area (Å²) in [6, 6.07) is 0. The number of nitrogens with zero attached hydrogens (tertiary/aromatic N) is 3. The van der Waals surface area contributed by atoms with Crippen molar-refractivity contribution in [3.63, 3.8) is 0 Å². The fourth-order valence-corrected chi connectivity index (χ4v) is 3.22. The van der Waals surface area contributed by atoms with E-state index in [1.165, 1.54) is 6.54 Å². The number of quaternary nitrogens is 2. The van der Waals surface area contributed by atoms with Crippen LogP contribution in [0.2, 0.25) is 0 Å². The normalized spacial score (nSPS) is 15.5. The predicted octanol–water partition coefficient (Wildman–Crippen LogP) is 1.79. The van der Waals surface area contributed by atoms with E-state index in [4.69, 9.17) is 0 Å². The fraction of sp³-hybridized carbons (Fsp3) is 1.00. The van der Waals surface area contributed by atoms with E-state index in [-0.39, 0.29) is 7.03 Å². The van der Waals surface area contributed by atoms with Crippen molar-refractivity contribution in [2.24, 2.45) is 0 Å². The van der Waals surface area contributed by atoms with Crippen molar-refractivity contribution < 1.29 is 14.4 Å². The summed E-state index contributed by atoms with van der Waals surface area (Å²) in [4.78, 5) is 2.46. The lowest BCUT2D eigenvalue weighted by Crippen LogP contribution is -2.58. The molecule has 0 fully saturated rings. The highest BCUT2D eigenvalue weighted by Crippen LogP contribution is 2.42. The summed E-state index contributed by atoms with van der Waals surface area (Å²) in [5.41, 5.74) is 0. The third-order valence-corrected chi connectivity index (χ3v) is 11.0. The zero-order valence-corrected chi connectivity index (χ0v) is 18.9. The lowest BCUT2D eigenvalue weighted by Gasteiger charge is -2.43. The van der Waals surface area contributed by atoms with E-state index in [9.17, 15) is 0 Å². The summed E-state index contributed by atoms with van der Waals surface area (Å²) in [7, 11) is 15.8. The average Bonchev–Trinajstić information content (AvgIpc) is 2.09. The molecule has 0 aromatic heterocycles. The van der Waals surface area contributed by atoms with Gasteiger partial charge in [-0.3, -0.25) is 4.90 Å². The maximum absolute atomic E-state index is 2.59. The molecule has 0 heterocycles. The van der Waals surface area contributed by atoms with Crippen LogP contribution in [0.15, 0.2) is 0 Å². The zero-order valence-electron chi connectivity index (χ0n) is 12.5.